The van der Waals surface area contributed by atoms with Crippen LogP contribution in [0.3, 0.4) is 0 Å². The van der Waals surface area contributed by atoms with E-state index in [2.05, 4.69) is 0 Å². The van der Waals surface area contributed by atoms with Gasteiger partial charge in [0, 0.05) is 23.6 Å². The molecule has 0 unspecified atom stereocenters. The lowest BCUT2D eigenvalue weighted by Crippen LogP contribution is -2.26. The summed E-state index contributed by atoms with van der Waals surface area (Å²) in [6.07, 6.45) is -0.0403. The molecule has 1 aliphatic rings. The van der Waals surface area contributed by atoms with Crippen molar-refractivity contribution in [1.82, 2.24) is 4.90 Å². The molecule has 1 aromatic rings. The van der Waals surface area contributed by atoms with Crippen LogP contribution in [0.2, 0.25) is 5.02 Å². The minimum atomic E-state index is -1.01. The molecule has 1 N–H and O–H groups in total. The second-order valence-electron chi connectivity index (χ2n) is 4.21. The number of hydrogen-bond donors (Lipinski definition) is 1. The van der Waals surface area contributed by atoms with Gasteiger partial charge in [-0.1, -0.05) is 17.7 Å². The van der Waals surface area contributed by atoms with Crippen LogP contribution in [-0.4, -0.2) is 28.4 Å². The molecule has 0 spiro atoms. The number of hydrogen-bond acceptors (Lipinski definition) is 2. The first-order valence-corrected chi connectivity index (χ1v) is 5.80. The Hall–Kier alpha value is -1.62. The van der Waals surface area contributed by atoms with E-state index >= 15 is 0 Å². The van der Waals surface area contributed by atoms with Gasteiger partial charge in [-0.3, -0.25) is 9.59 Å². The van der Waals surface area contributed by atoms with Crippen molar-refractivity contribution in [3.05, 3.63) is 34.6 Å². The van der Waals surface area contributed by atoms with E-state index in [-0.39, 0.29) is 36.0 Å². The van der Waals surface area contributed by atoms with E-state index in [1.165, 1.54) is 23.1 Å². The second kappa shape index (κ2) is 4.94. The Labute approximate surface area is 108 Å². The Balaban J connectivity index is 2.15. The molecule has 6 heteroatoms. The zero-order valence-electron chi connectivity index (χ0n) is 9.40. The molecule has 1 amide bonds. The molecule has 18 heavy (non-hydrogen) atoms. The summed E-state index contributed by atoms with van der Waals surface area (Å²) in [5, 5.41) is 9.08. The molecule has 0 aliphatic carbocycles. The highest BCUT2D eigenvalue weighted by Gasteiger charge is 2.34. The third-order valence-corrected chi connectivity index (χ3v) is 3.33. The largest absolute Gasteiger partial charge is 0.481 e. The van der Waals surface area contributed by atoms with E-state index in [1.807, 2.05) is 0 Å². The van der Waals surface area contributed by atoms with Crippen LogP contribution in [0.5, 0.6) is 0 Å². The first-order chi connectivity index (χ1) is 8.49. The highest BCUT2D eigenvalue weighted by Crippen LogP contribution is 2.25. The van der Waals surface area contributed by atoms with Gasteiger partial charge in [-0.15, -0.1) is 0 Å². The van der Waals surface area contributed by atoms with Crippen molar-refractivity contribution in [1.29, 1.82) is 0 Å². The van der Waals surface area contributed by atoms with Crippen molar-refractivity contribution in [2.75, 3.05) is 6.54 Å². The molecule has 1 atom stereocenters. The van der Waals surface area contributed by atoms with E-state index in [0.29, 0.717) is 0 Å². The predicted octanol–water partition coefficient (Wildman–Crippen LogP) is 1.91. The molecule has 0 saturated carbocycles. The fourth-order valence-electron chi connectivity index (χ4n) is 1.96. The topological polar surface area (TPSA) is 57.6 Å². The number of amides is 1. The summed E-state index contributed by atoms with van der Waals surface area (Å²) < 4.78 is 13.5. The molecule has 96 valence electrons. The fraction of sp³-hybridized carbons (Fsp3) is 0.333. The lowest BCUT2D eigenvalue weighted by molar-refractivity contribution is -0.141. The zero-order chi connectivity index (χ0) is 13.3. The summed E-state index contributed by atoms with van der Waals surface area (Å²) in [5.74, 6) is -2.51. The number of nitrogens with zero attached hydrogens (tertiary/aromatic N) is 1. The quantitative estimate of drug-likeness (QED) is 0.914. The summed E-state index contributed by atoms with van der Waals surface area (Å²) in [5.41, 5.74) is 0.221. The van der Waals surface area contributed by atoms with Gasteiger partial charge in [-0.05, 0) is 12.1 Å². The number of halogens is 2. The number of benzene rings is 1. The van der Waals surface area contributed by atoms with Crippen LogP contribution in [0.4, 0.5) is 4.39 Å². The Morgan fingerprint density at radius 2 is 2.28 bits per heavy atom. The van der Waals surface area contributed by atoms with Crippen LogP contribution in [0.25, 0.3) is 0 Å². The molecule has 4 nitrogen and oxygen atoms in total. The number of rotatable bonds is 3. The number of carboxylic acids is 1. The number of carboxylic acid groups (broad SMARTS) is 1. The highest BCUT2D eigenvalue weighted by molar-refractivity contribution is 6.31. The van der Waals surface area contributed by atoms with Gasteiger partial charge in [0.2, 0.25) is 5.91 Å². The van der Waals surface area contributed by atoms with Crippen molar-refractivity contribution in [3.8, 4) is 0 Å². The van der Waals surface area contributed by atoms with Gasteiger partial charge < -0.3 is 10.0 Å². The van der Waals surface area contributed by atoms with Crippen LogP contribution in [0, 0.1) is 11.7 Å². The van der Waals surface area contributed by atoms with Crippen molar-refractivity contribution in [2.45, 2.75) is 13.0 Å². The Bertz CT molecular complexity index is 486. The van der Waals surface area contributed by atoms with E-state index < -0.39 is 17.7 Å². The maximum atomic E-state index is 13.5. The molecular weight excluding hydrogens is 261 g/mol. The van der Waals surface area contributed by atoms with Crippen LogP contribution in [0.1, 0.15) is 12.0 Å². The SMILES string of the molecule is O=C(O)[C@@H]1CC(=O)N(Cc2c(F)cccc2Cl)C1. The summed E-state index contributed by atoms with van der Waals surface area (Å²) >= 11 is 5.86. The number of carbonyl (C=O) groups excluding carboxylic acids is 1. The van der Waals surface area contributed by atoms with Crippen LogP contribution >= 0.6 is 11.6 Å². The molecule has 0 aromatic heterocycles. The number of carbonyl (C=O) groups is 2. The van der Waals surface area contributed by atoms with Crippen molar-refractivity contribution >= 4 is 23.5 Å². The number of aliphatic carboxylic acids is 1. The summed E-state index contributed by atoms with van der Waals surface area (Å²) in [6, 6.07) is 4.28. The zero-order valence-corrected chi connectivity index (χ0v) is 10.2. The normalized spacial score (nSPS) is 19.3. The second-order valence-corrected chi connectivity index (χ2v) is 4.62. The van der Waals surface area contributed by atoms with Gasteiger partial charge in [-0.25, -0.2) is 4.39 Å². The molecule has 2 rings (SSSR count). The van der Waals surface area contributed by atoms with Gasteiger partial charge in [-0.2, -0.15) is 0 Å². The smallest absolute Gasteiger partial charge is 0.308 e. The molecular formula is C12H11ClFNO3. The summed E-state index contributed by atoms with van der Waals surface area (Å²) in [4.78, 5) is 23.7. The highest BCUT2D eigenvalue weighted by atomic mass is 35.5. The van der Waals surface area contributed by atoms with Crippen LogP contribution in [0.15, 0.2) is 18.2 Å². The minimum Gasteiger partial charge on any atom is -0.481 e. The maximum absolute atomic E-state index is 13.5. The molecule has 1 saturated heterocycles. The van der Waals surface area contributed by atoms with Crippen LogP contribution in [-0.2, 0) is 16.1 Å². The minimum absolute atomic E-state index is 0.00806. The summed E-state index contributed by atoms with van der Waals surface area (Å²) in [6.45, 7) is 0.104. The predicted molar refractivity (Wildman–Crippen MR) is 62.6 cm³/mol. The van der Waals surface area contributed by atoms with Gasteiger partial charge >= 0.3 is 5.97 Å². The Morgan fingerprint density at radius 1 is 1.56 bits per heavy atom. The third kappa shape index (κ3) is 2.46. The third-order valence-electron chi connectivity index (χ3n) is 2.97. The van der Waals surface area contributed by atoms with Crippen LogP contribution < -0.4 is 0 Å². The maximum Gasteiger partial charge on any atom is 0.308 e. The standard InChI is InChI=1S/C12H11ClFNO3/c13-9-2-1-3-10(14)8(9)6-15-5-7(12(17)18)4-11(15)16/h1-3,7H,4-6H2,(H,17,18)/t7-/m1/s1. The molecule has 1 fully saturated rings. The van der Waals surface area contributed by atoms with Crippen molar-refractivity contribution in [3.63, 3.8) is 0 Å². The van der Waals surface area contributed by atoms with Gasteiger partial charge in [0.05, 0.1) is 12.5 Å². The monoisotopic (exact) mass is 271 g/mol. The molecule has 0 radical (unpaired) electrons. The molecule has 1 aromatic carbocycles. The van der Waals surface area contributed by atoms with E-state index in [9.17, 15) is 14.0 Å². The van der Waals surface area contributed by atoms with Gasteiger partial charge in [0.25, 0.3) is 0 Å². The lowest BCUT2D eigenvalue weighted by Gasteiger charge is -2.17. The van der Waals surface area contributed by atoms with Crippen molar-refractivity contribution in [2.24, 2.45) is 5.92 Å². The fourth-order valence-corrected chi connectivity index (χ4v) is 2.19. The van der Waals surface area contributed by atoms with Gasteiger partial charge in [0.1, 0.15) is 5.82 Å². The first kappa shape index (κ1) is 12.8. The average Bonchev–Trinajstić information content (AvgIpc) is 2.66. The Morgan fingerprint density at radius 3 is 2.83 bits per heavy atom. The molecule has 1 aliphatic heterocycles. The van der Waals surface area contributed by atoms with E-state index in [4.69, 9.17) is 16.7 Å². The molecule has 0 bridgehead atoms. The van der Waals surface area contributed by atoms with E-state index in [0.717, 1.165) is 0 Å². The van der Waals surface area contributed by atoms with Crippen molar-refractivity contribution < 1.29 is 19.1 Å². The average molecular weight is 272 g/mol. The Kier molecular flexibility index (Phi) is 3.52. The molecule has 1 heterocycles. The first-order valence-electron chi connectivity index (χ1n) is 5.42. The van der Waals surface area contributed by atoms with Gasteiger partial charge in [0.15, 0.2) is 0 Å². The number of likely N-dealkylation sites (tertiary alicyclic amines) is 1. The van der Waals surface area contributed by atoms with E-state index in [1.54, 1.807) is 0 Å². The summed E-state index contributed by atoms with van der Waals surface area (Å²) in [7, 11) is 0. The lowest BCUT2D eigenvalue weighted by atomic mass is 10.1.